The van der Waals surface area contributed by atoms with Crippen molar-refractivity contribution in [2.24, 2.45) is 11.3 Å². The van der Waals surface area contributed by atoms with Gasteiger partial charge in [0.15, 0.2) is 0 Å². The largest absolute Gasteiger partial charge is 0.381 e. The van der Waals surface area contributed by atoms with Crippen LogP contribution in [0.5, 0.6) is 0 Å². The second kappa shape index (κ2) is 8.33. The van der Waals surface area contributed by atoms with Crippen molar-refractivity contribution >= 4 is 17.7 Å². The lowest BCUT2D eigenvalue weighted by Gasteiger charge is -2.41. The molecule has 3 unspecified atom stereocenters. The van der Waals surface area contributed by atoms with Gasteiger partial charge in [-0.25, -0.2) is 0 Å². The van der Waals surface area contributed by atoms with Crippen LogP contribution in [0.25, 0.3) is 0 Å². The van der Waals surface area contributed by atoms with Gasteiger partial charge in [0.2, 0.25) is 11.8 Å². The molecule has 1 aromatic rings. The quantitative estimate of drug-likeness (QED) is 0.595. The number of carbonyl (C=O) groups is 3. The van der Waals surface area contributed by atoms with Crippen LogP contribution < -0.4 is 16.0 Å². The molecular weight excluding hydrogens is 396 g/mol. The van der Waals surface area contributed by atoms with Crippen LogP contribution in [-0.4, -0.2) is 61.5 Å². The Bertz CT molecular complexity index is 896. The predicted octanol–water partition coefficient (Wildman–Crippen LogP) is 0.553. The van der Waals surface area contributed by atoms with Gasteiger partial charge in [-0.3, -0.25) is 19.7 Å². The van der Waals surface area contributed by atoms with Crippen molar-refractivity contribution in [3.63, 3.8) is 0 Å². The van der Waals surface area contributed by atoms with Gasteiger partial charge < -0.3 is 20.3 Å². The fraction of sp³-hybridized carbons (Fsp3) is 0.609. The van der Waals surface area contributed by atoms with Gasteiger partial charge in [-0.1, -0.05) is 12.1 Å². The first-order valence-corrected chi connectivity index (χ1v) is 11.3. The van der Waals surface area contributed by atoms with Gasteiger partial charge in [-0.15, -0.1) is 0 Å². The van der Waals surface area contributed by atoms with Gasteiger partial charge in [0, 0.05) is 43.6 Å². The maximum absolute atomic E-state index is 12.8. The predicted molar refractivity (Wildman–Crippen MR) is 113 cm³/mol. The average molecular weight is 427 g/mol. The Kier molecular flexibility index (Phi) is 5.54. The highest BCUT2D eigenvalue weighted by Gasteiger charge is 2.43. The number of hydrogen-bond acceptors (Lipinski definition) is 6. The maximum Gasteiger partial charge on any atom is 0.255 e. The lowest BCUT2D eigenvalue weighted by atomic mass is 9.70. The van der Waals surface area contributed by atoms with Gasteiger partial charge in [-0.2, -0.15) is 0 Å². The topological polar surface area (TPSA) is 99.8 Å². The monoisotopic (exact) mass is 426 g/mol. The SMILES string of the molecule is O=C1CCC(N2Cc3cc(CNCC4CNCCC45CCOC5)ccc3C2=O)C(=O)N1. The lowest BCUT2D eigenvalue weighted by molar-refractivity contribution is -0.136. The third kappa shape index (κ3) is 3.88. The minimum absolute atomic E-state index is 0.125. The summed E-state index contributed by atoms with van der Waals surface area (Å²) in [4.78, 5) is 38.0. The second-order valence-electron chi connectivity index (χ2n) is 9.34. The smallest absolute Gasteiger partial charge is 0.255 e. The molecule has 3 fully saturated rings. The van der Waals surface area contributed by atoms with Crippen molar-refractivity contribution in [3.8, 4) is 0 Å². The summed E-state index contributed by atoms with van der Waals surface area (Å²) in [6.45, 7) is 5.94. The Hall–Kier alpha value is -2.29. The highest BCUT2D eigenvalue weighted by atomic mass is 16.5. The maximum atomic E-state index is 12.8. The zero-order chi connectivity index (χ0) is 21.4. The normalized spacial score (nSPS) is 30.7. The summed E-state index contributed by atoms with van der Waals surface area (Å²) in [6, 6.07) is 5.36. The van der Waals surface area contributed by atoms with Gasteiger partial charge >= 0.3 is 0 Å². The van der Waals surface area contributed by atoms with Crippen molar-refractivity contribution in [3.05, 3.63) is 34.9 Å². The van der Waals surface area contributed by atoms with Crippen LogP contribution in [0.4, 0.5) is 0 Å². The van der Waals surface area contributed by atoms with E-state index in [0.717, 1.165) is 56.9 Å². The molecule has 0 bridgehead atoms. The number of hydrogen-bond donors (Lipinski definition) is 3. The minimum atomic E-state index is -0.567. The molecule has 0 saturated carbocycles. The first kappa shape index (κ1) is 20.6. The molecule has 0 aliphatic carbocycles. The molecular formula is C23H30N4O4. The molecule has 1 aromatic carbocycles. The standard InChI is InChI=1S/C23H30N4O4/c28-20-4-3-19(21(29)26-20)27-13-16-9-15(1-2-18(16)22(27)30)10-25-12-17-11-24-7-5-23(17)6-8-31-14-23/h1-2,9,17,19,24-25H,3-8,10-14H2,(H,26,28,29). The van der Waals surface area contributed by atoms with Crippen LogP contribution in [-0.2, 0) is 27.4 Å². The number of fused-ring (bicyclic) bond motifs is 1. The molecule has 3 saturated heterocycles. The first-order valence-electron chi connectivity index (χ1n) is 11.3. The summed E-state index contributed by atoms with van der Waals surface area (Å²) in [5.41, 5.74) is 3.06. The fourth-order valence-electron chi connectivity index (χ4n) is 5.59. The lowest BCUT2D eigenvalue weighted by Crippen LogP contribution is -2.52. The highest BCUT2D eigenvalue weighted by Crippen LogP contribution is 2.41. The van der Waals surface area contributed by atoms with Crippen molar-refractivity contribution in [1.29, 1.82) is 0 Å². The third-order valence-corrected chi connectivity index (χ3v) is 7.50. The van der Waals surface area contributed by atoms with E-state index in [4.69, 9.17) is 4.74 Å². The number of nitrogens with one attached hydrogen (secondary N) is 3. The Morgan fingerprint density at radius 2 is 2.13 bits per heavy atom. The molecule has 8 nitrogen and oxygen atoms in total. The van der Waals surface area contributed by atoms with E-state index < -0.39 is 6.04 Å². The number of nitrogens with zero attached hydrogens (tertiary/aromatic N) is 1. The first-order chi connectivity index (χ1) is 15.1. The molecule has 3 amide bonds. The van der Waals surface area contributed by atoms with Crippen LogP contribution in [0.15, 0.2) is 18.2 Å². The van der Waals surface area contributed by atoms with Crippen LogP contribution in [0.2, 0.25) is 0 Å². The van der Waals surface area contributed by atoms with E-state index in [1.807, 2.05) is 12.1 Å². The fourth-order valence-corrected chi connectivity index (χ4v) is 5.59. The van der Waals surface area contributed by atoms with Gasteiger partial charge in [0.1, 0.15) is 6.04 Å². The summed E-state index contributed by atoms with van der Waals surface area (Å²) in [5.74, 6) is -0.202. The summed E-state index contributed by atoms with van der Waals surface area (Å²) in [6.07, 6.45) is 2.99. The number of benzene rings is 1. The summed E-state index contributed by atoms with van der Waals surface area (Å²) < 4.78 is 5.73. The zero-order valence-corrected chi connectivity index (χ0v) is 17.7. The molecule has 4 aliphatic rings. The second-order valence-corrected chi connectivity index (χ2v) is 9.34. The van der Waals surface area contributed by atoms with Crippen molar-refractivity contribution in [1.82, 2.24) is 20.9 Å². The highest BCUT2D eigenvalue weighted by molar-refractivity contribution is 6.05. The van der Waals surface area contributed by atoms with E-state index in [-0.39, 0.29) is 24.1 Å². The van der Waals surface area contributed by atoms with E-state index in [0.29, 0.717) is 29.9 Å². The number of piperidine rings is 2. The number of carbonyl (C=O) groups excluding carboxylic acids is 3. The van der Waals surface area contributed by atoms with E-state index in [9.17, 15) is 14.4 Å². The van der Waals surface area contributed by atoms with Crippen molar-refractivity contribution in [2.75, 3.05) is 32.8 Å². The van der Waals surface area contributed by atoms with E-state index in [1.165, 1.54) is 6.42 Å². The molecule has 4 heterocycles. The van der Waals surface area contributed by atoms with E-state index in [1.54, 1.807) is 4.90 Å². The average Bonchev–Trinajstić information content (AvgIpc) is 3.35. The third-order valence-electron chi connectivity index (χ3n) is 7.50. The number of imide groups is 1. The van der Waals surface area contributed by atoms with Gasteiger partial charge in [-0.05, 0) is 55.5 Å². The molecule has 166 valence electrons. The zero-order valence-electron chi connectivity index (χ0n) is 17.7. The summed E-state index contributed by atoms with van der Waals surface area (Å²) in [5, 5.41) is 9.49. The van der Waals surface area contributed by atoms with E-state index in [2.05, 4.69) is 22.0 Å². The molecule has 5 rings (SSSR count). The Balaban J connectivity index is 1.20. The van der Waals surface area contributed by atoms with Crippen molar-refractivity contribution in [2.45, 2.75) is 44.8 Å². The van der Waals surface area contributed by atoms with Crippen LogP contribution in [0.3, 0.4) is 0 Å². The Morgan fingerprint density at radius 1 is 1.23 bits per heavy atom. The summed E-state index contributed by atoms with van der Waals surface area (Å²) >= 11 is 0. The Morgan fingerprint density at radius 3 is 2.94 bits per heavy atom. The molecule has 0 radical (unpaired) electrons. The minimum Gasteiger partial charge on any atom is -0.381 e. The van der Waals surface area contributed by atoms with Gasteiger partial charge in [0.25, 0.3) is 5.91 Å². The van der Waals surface area contributed by atoms with Crippen LogP contribution in [0, 0.1) is 11.3 Å². The Labute approximate surface area is 182 Å². The summed E-state index contributed by atoms with van der Waals surface area (Å²) in [7, 11) is 0. The van der Waals surface area contributed by atoms with E-state index >= 15 is 0 Å². The molecule has 4 aliphatic heterocycles. The number of rotatable bonds is 5. The molecule has 1 spiro atoms. The van der Waals surface area contributed by atoms with Crippen LogP contribution in [0.1, 0.15) is 47.2 Å². The van der Waals surface area contributed by atoms with Gasteiger partial charge in [0.05, 0.1) is 6.61 Å². The molecule has 3 atom stereocenters. The molecule has 0 aromatic heterocycles. The molecule has 31 heavy (non-hydrogen) atoms. The van der Waals surface area contributed by atoms with Crippen LogP contribution >= 0.6 is 0 Å². The number of amides is 3. The molecule has 3 N–H and O–H groups in total. The molecule has 8 heteroatoms. The number of ether oxygens (including phenoxy) is 1. The van der Waals surface area contributed by atoms with Crippen molar-refractivity contribution < 1.29 is 19.1 Å².